The van der Waals surface area contributed by atoms with Crippen molar-refractivity contribution >= 4 is 54.1 Å². The predicted octanol–water partition coefficient (Wildman–Crippen LogP) is 15.0. The maximum Gasteiger partial charge on any atom is 0.160 e. The van der Waals surface area contributed by atoms with Crippen molar-refractivity contribution in [2.45, 2.75) is 0 Å². The van der Waals surface area contributed by atoms with E-state index in [1.807, 2.05) is 12.1 Å². The van der Waals surface area contributed by atoms with E-state index in [2.05, 4.69) is 206 Å². The van der Waals surface area contributed by atoms with Crippen molar-refractivity contribution in [3.8, 4) is 67.5 Å². The third-order valence-electron chi connectivity index (χ3n) is 12.0. The molecule has 12 rings (SSSR count). The molecular weight excluding hydrogens is 753 g/mol. The lowest BCUT2D eigenvalue weighted by atomic mass is 9.98. The second-order valence-corrected chi connectivity index (χ2v) is 15.9. The molecule has 0 spiro atoms. The minimum atomic E-state index is 0.706. The Bertz CT molecular complexity index is 3450. The number of aromatic nitrogens is 4. The molecule has 2 aromatic heterocycles. The van der Waals surface area contributed by atoms with Crippen LogP contribution in [0, 0.1) is 0 Å². The molecule has 0 aliphatic heterocycles. The Morgan fingerprint density at radius 3 is 0.919 bits per heavy atom. The van der Waals surface area contributed by atoms with Gasteiger partial charge in [-0.3, -0.25) is 0 Å². The van der Waals surface area contributed by atoms with Crippen molar-refractivity contribution in [2.75, 3.05) is 0 Å². The van der Waals surface area contributed by atoms with Crippen molar-refractivity contribution in [2.24, 2.45) is 0 Å². The van der Waals surface area contributed by atoms with Crippen LogP contribution in [0.3, 0.4) is 0 Å². The maximum absolute atomic E-state index is 5.27. The number of para-hydroxylation sites is 2. The van der Waals surface area contributed by atoms with Crippen LogP contribution in [0.25, 0.3) is 122 Å². The van der Waals surface area contributed by atoms with Crippen LogP contribution in [0.1, 0.15) is 0 Å². The van der Waals surface area contributed by atoms with Crippen molar-refractivity contribution in [1.82, 2.24) is 19.9 Å². The van der Waals surface area contributed by atoms with Gasteiger partial charge in [0.25, 0.3) is 0 Å². The lowest BCUT2D eigenvalue weighted by molar-refractivity contribution is 1.23. The second kappa shape index (κ2) is 14.7. The highest BCUT2D eigenvalue weighted by atomic mass is 14.9. The molecule has 10 aromatic carbocycles. The summed E-state index contributed by atoms with van der Waals surface area (Å²) in [5.74, 6) is 1.41. The van der Waals surface area contributed by atoms with Gasteiger partial charge in [0, 0.05) is 33.0 Å². The number of hydrogen-bond donors (Lipinski definition) is 0. The van der Waals surface area contributed by atoms with Gasteiger partial charge in [-0.05, 0) is 103 Å². The Kier molecular flexibility index (Phi) is 8.46. The number of fused-ring (bicyclic) bond motifs is 5. The summed E-state index contributed by atoms with van der Waals surface area (Å²) in [4.78, 5) is 20.7. The summed E-state index contributed by atoms with van der Waals surface area (Å²) < 4.78 is 0. The Morgan fingerprint density at radius 1 is 0.210 bits per heavy atom. The fraction of sp³-hybridized carbons (Fsp3) is 0. The van der Waals surface area contributed by atoms with Crippen molar-refractivity contribution in [1.29, 1.82) is 0 Å². The highest BCUT2D eigenvalue weighted by molar-refractivity contribution is 6.01. The first-order chi connectivity index (χ1) is 30.7. The Morgan fingerprint density at radius 2 is 0.516 bits per heavy atom. The van der Waals surface area contributed by atoms with Crippen LogP contribution >= 0.6 is 0 Å². The van der Waals surface area contributed by atoms with Crippen LogP contribution in [-0.4, -0.2) is 19.9 Å². The van der Waals surface area contributed by atoms with Crippen molar-refractivity contribution in [3.05, 3.63) is 218 Å². The molecule has 0 aliphatic carbocycles. The van der Waals surface area contributed by atoms with Gasteiger partial charge < -0.3 is 0 Å². The van der Waals surface area contributed by atoms with E-state index in [0.717, 1.165) is 77.0 Å². The first-order valence-corrected chi connectivity index (χ1v) is 20.9. The zero-order chi connectivity index (χ0) is 41.0. The quantitative estimate of drug-likeness (QED) is 0.168. The van der Waals surface area contributed by atoms with Crippen molar-refractivity contribution < 1.29 is 0 Å². The largest absolute Gasteiger partial charge is 0.228 e. The Balaban J connectivity index is 0.905. The highest BCUT2D eigenvalue weighted by Gasteiger charge is 2.16. The fourth-order valence-corrected chi connectivity index (χ4v) is 8.78. The normalized spacial score (nSPS) is 11.5. The molecule has 0 fully saturated rings. The molecule has 0 aliphatic rings. The van der Waals surface area contributed by atoms with Crippen LogP contribution in [0.4, 0.5) is 0 Å². The van der Waals surface area contributed by atoms with Crippen LogP contribution in [0.5, 0.6) is 0 Å². The third kappa shape index (κ3) is 6.42. The SMILES string of the molecule is c1ccc(-c2ccc3cc(-c4nc(-c5ccc6cc(-c7nc(-c8ccc9cc(-c%10ccccc%10)ccc9c8)nc8ccccc78)ccc6c5)c5ccccc5n4)ccc3c2)cc1. The fourth-order valence-electron chi connectivity index (χ4n) is 8.78. The van der Waals surface area contributed by atoms with E-state index in [0.29, 0.717) is 11.6 Å². The van der Waals surface area contributed by atoms with E-state index >= 15 is 0 Å². The summed E-state index contributed by atoms with van der Waals surface area (Å²) in [6.45, 7) is 0. The molecule has 2 heterocycles. The standard InChI is InChI=1S/C58H36N4/c1-3-11-37(12-4-1)39-19-21-45-35-49(29-25-41(45)31-39)57-59-53-17-9-7-15-51(53)55(61-57)47-27-23-44-34-48(28-24-43(44)33-47)56-52-16-8-10-18-54(52)60-58(62-56)50-30-26-42-32-40(20-22-46(42)36-50)38-13-5-2-6-14-38/h1-36H. The number of rotatable bonds is 6. The van der Waals surface area contributed by atoms with E-state index in [-0.39, 0.29) is 0 Å². The summed E-state index contributed by atoms with van der Waals surface area (Å²) in [5, 5.41) is 8.96. The average Bonchev–Trinajstić information content (AvgIpc) is 3.35. The molecule has 0 atom stereocenters. The smallest absolute Gasteiger partial charge is 0.160 e. The summed E-state index contributed by atoms with van der Waals surface area (Å²) in [6, 6.07) is 77.1. The predicted molar refractivity (Wildman–Crippen MR) is 258 cm³/mol. The van der Waals surface area contributed by atoms with Gasteiger partial charge in [0.15, 0.2) is 11.6 Å². The van der Waals surface area contributed by atoms with Gasteiger partial charge in [0.1, 0.15) is 0 Å². The molecule has 62 heavy (non-hydrogen) atoms. The van der Waals surface area contributed by atoms with Crippen LogP contribution < -0.4 is 0 Å². The number of nitrogens with zero attached hydrogens (tertiary/aromatic N) is 4. The molecule has 0 unspecified atom stereocenters. The first-order valence-electron chi connectivity index (χ1n) is 20.9. The minimum absolute atomic E-state index is 0.706. The Labute approximate surface area is 358 Å². The highest BCUT2D eigenvalue weighted by Crippen LogP contribution is 2.36. The van der Waals surface area contributed by atoms with Crippen molar-refractivity contribution in [3.63, 3.8) is 0 Å². The summed E-state index contributed by atoms with van der Waals surface area (Å²) >= 11 is 0. The molecule has 0 saturated carbocycles. The van der Waals surface area contributed by atoms with Gasteiger partial charge in [-0.2, -0.15) is 0 Å². The first kappa shape index (κ1) is 35.6. The molecule has 0 amide bonds. The van der Waals surface area contributed by atoms with Gasteiger partial charge in [-0.1, -0.05) is 170 Å². The lowest BCUT2D eigenvalue weighted by Crippen LogP contribution is -1.96. The molecule has 0 saturated heterocycles. The topological polar surface area (TPSA) is 51.6 Å². The Hall–Kier alpha value is -8.34. The van der Waals surface area contributed by atoms with E-state index in [4.69, 9.17) is 19.9 Å². The summed E-state index contributed by atoms with van der Waals surface area (Å²) in [7, 11) is 0. The zero-order valence-corrected chi connectivity index (χ0v) is 33.6. The van der Waals surface area contributed by atoms with E-state index in [1.54, 1.807) is 0 Å². The molecule has 4 nitrogen and oxygen atoms in total. The van der Waals surface area contributed by atoms with E-state index in [9.17, 15) is 0 Å². The van der Waals surface area contributed by atoms with Gasteiger partial charge in [-0.25, -0.2) is 19.9 Å². The lowest BCUT2D eigenvalue weighted by Gasteiger charge is -2.13. The third-order valence-corrected chi connectivity index (χ3v) is 12.0. The molecule has 0 bridgehead atoms. The van der Waals surface area contributed by atoms with Gasteiger partial charge in [-0.15, -0.1) is 0 Å². The maximum atomic E-state index is 5.27. The van der Waals surface area contributed by atoms with Crippen LogP contribution in [0.2, 0.25) is 0 Å². The number of benzene rings is 10. The summed E-state index contributed by atoms with van der Waals surface area (Å²) in [6.07, 6.45) is 0. The molecule has 12 aromatic rings. The summed E-state index contributed by atoms with van der Waals surface area (Å²) in [5.41, 5.74) is 12.5. The zero-order valence-electron chi connectivity index (χ0n) is 33.6. The minimum Gasteiger partial charge on any atom is -0.228 e. The average molecular weight is 789 g/mol. The van der Waals surface area contributed by atoms with Gasteiger partial charge >= 0.3 is 0 Å². The second-order valence-electron chi connectivity index (χ2n) is 15.9. The van der Waals surface area contributed by atoms with E-state index < -0.39 is 0 Å². The molecule has 288 valence electrons. The molecular formula is C58H36N4. The van der Waals surface area contributed by atoms with Gasteiger partial charge in [0.2, 0.25) is 0 Å². The van der Waals surface area contributed by atoms with E-state index in [1.165, 1.54) is 33.0 Å². The molecule has 4 heteroatoms. The van der Waals surface area contributed by atoms with Gasteiger partial charge in [0.05, 0.1) is 22.4 Å². The van der Waals surface area contributed by atoms with Crippen LogP contribution in [-0.2, 0) is 0 Å². The molecule has 0 radical (unpaired) electrons. The monoisotopic (exact) mass is 788 g/mol. The number of hydrogen-bond acceptors (Lipinski definition) is 4. The molecule has 0 N–H and O–H groups in total. The van der Waals surface area contributed by atoms with Crippen LogP contribution in [0.15, 0.2) is 218 Å².